The van der Waals surface area contributed by atoms with Gasteiger partial charge in [0.05, 0.1) is 5.92 Å². The number of amides is 1. The molecule has 0 radical (unpaired) electrons. The Balaban J connectivity index is 1.45. The van der Waals surface area contributed by atoms with E-state index in [1.54, 1.807) is 19.1 Å². The molecular formula is C25H32N2O3. The lowest BCUT2D eigenvalue weighted by Gasteiger charge is -2.22. The van der Waals surface area contributed by atoms with Gasteiger partial charge in [0.15, 0.2) is 0 Å². The van der Waals surface area contributed by atoms with E-state index < -0.39 is 11.9 Å². The largest absolute Gasteiger partial charge is 0.481 e. The molecule has 5 heteroatoms. The Morgan fingerprint density at radius 3 is 2.30 bits per heavy atom. The molecule has 3 N–H and O–H groups in total. The van der Waals surface area contributed by atoms with Gasteiger partial charge in [-0.15, -0.1) is 0 Å². The first-order valence-electron chi connectivity index (χ1n) is 11.0. The maximum Gasteiger partial charge on any atom is 0.306 e. The SMILES string of the molecule is CC(CCNC(=O)c1ccc(CNc2ccc(C3CCCCC3)cc2)cc1)C(=O)O. The van der Waals surface area contributed by atoms with Crippen molar-refractivity contribution in [1.82, 2.24) is 5.32 Å². The van der Waals surface area contributed by atoms with Crippen molar-refractivity contribution >= 4 is 17.6 Å². The monoisotopic (exact) mass is 408 g/mol. The number of rotatable bonds is 9. The molecule has 0 bridgehead atoms. The maximum atomic E-state index is 12.2. The highest BCUT2D eigenvalue weighted by molar-refractivity contribution is 5.94. The Morgan fingerprint density at radius 1 is 1.00 bits per heavy atom. The predicted molar refractivity (Wildman–Crippen MR) is 120 cm³/mol. The molecule has 1 atom stereocenters. The van der Waals surface area contributed by atoms with Crippen LogP contribution in [-0.2, 0) is 11.3 Å². The van der Waals surface area contributed by atoms with Gasteiger partial charge < -0.3 is 15.7 Å². The molecule has 2 aromatic carbocycles. The maximum absolute atomic E-state index is 12.2. The van der Waals surface area contributed by atoms with Crippen LogP contribution in [0.25, 0.3) is 0 Å². The highest BCUT2D eigenvalue weighted by Gasteiger charge is 2.15. The van der Waals surface area contributed by atoms with E-state index in [2.05, 4.69) is 34.9 Å². The molecule has 5 nitrogen and oxygen atoms in total. The summed E-state index contributed by atoms with van der Waals surface area (Å²) in [6, 6.07) is 16.3. The number of carbonyl (C=O) groups is 2. The number of aliphatic carboxylic acids is 1. The Hall–Kier alpha value is -2.82. The van der Waals surface area contributed by atoms with Crippen LogP contribution in [0, 0.1) is 5.92 Å². The number of hydrogen-bond donors (Lipinski definition) is 3. The van der Waals surface area contributed by atoms with Crippen molar-refractivity contribution in [3.8, 4) is 0 Å². The minimum atomic E-state index is -0.843. The van der Waals surface area contributed by atoms with Crippen molar-refractivity contribution in [1.29, 1.82) is 0 Å². The number of benzene rings is 2. The third kappa shape index (κ3) is 6.34. The number of carboxylic acids is 1. The van der Waals surface area contributed by atoms with E-state index in [-0.39, 0.29) is 5.91 Å². The fraction of sp³-hybridized carbons (Fsp3) is 0.440. The van der Waals surface area contributed by atoms with Crippen LogP contribution in [-0.4, -0.2) is 23.5 Å². The average molecular weight is 409 g/mol. The van der Waals surface area contributed by atoms with Gasteiger partial charge in [0.1, 0.15) is 0 Å². The van der Waals surface area contributed by atoms with Gasteiger partial charge in [0.2, 0.25) is 0 Å². The smallest absolute Gasteiger partial charge is 0.306 e. The molecule has 0 aliphatic heterocycles. The van der Waals surface area contributed by atoms with Gasteiger partial charge in [0.25, 0.3) is 5.91 Å². The zero-order valence-electron chi connectivity index (χ0n) is 17.7. The topological polar surface area (TPSA) is 78.4 Å². The molecule has 160 valence electrons. The first kappa shape index (κ1) is 21.9. The summed E-state index contributed by atoms with van der Waals surface area (Å²) in [6.07, 6.45) is 7.11. The van der Waals surface area contributed by atoms with E-state index in [1.165, 1.54) is 37.7 Å². The van der Waals surface area contributed by atoms with Crippen molar-refractivity contribution in [2.45, 2.75) is 57.9 Å². The predicted octanol–water partition coefficient (Wildman–Crippen LogP) is 5.19. The highest BCUT2D eigenvalue weighted by atomic mass is 16.4. The number of nitrogens with one attached hydrogen (secondary N) is 2. The van der Waals surface area contributed by atoms with Crippen LogP contribution in [0.5, 0.6) is 0 Å². The Bertz CT molecular complexity index is 824. The summed E-state index contributed by atoms with van der Waals surface area (Å²) in [5, 5.41) is 15.1. The zero-order valence-corrected chi connectivity index (χ0v) is 17.7. The lowest BCUT2D eigenvalue weighted by Crippen LogP contribution is -2.27. The fourth-order valence-corrected chi connectivity index (χ4v) is 3.91. The van der Waals surface area contributed by atoms with Crippen molar-refractivity contribution in [2.24, 2.45) is 5.92 Å². The minimum Gasteiger partial charge on any atom is -0.481 e. The quantitative estimate of drug-likeness (QED) is 0.534. The summed E-state index contributed by atoms with van der Waals surface area (Å²) in [7, 11) is 0. The molecule has 1 unspecified atom stereocenters. The van der Waals surface area contributed by atoms with Crippen LogP contribution in [0.2, 0.25) is 0 Å². The third-order valence-electron chi connectivity index (χ3n) is 5.98. The van der Waals surface area contributed by atoms with Crippen LogP contribution in [0.1, 0.15) is 72.9 Å². The Morgan fingerprint density at radius 2 is 1.67 bits per heavy atom. The van der Waals surface area contributed by atoms with Crippen LogP contribution >= 0.6 is 0 Å². The van der Waals surface area contributed by atoms with Crippen molar-refractivity contribution in [2.75, 3.05) is 11.9 Å². The minimum absolute atomic E-state index is 0.176. The second-order valence-electron chi connectivity index (χ2n) is 8.29. The third-order valence-corrected chi connectivity index (χ3v) is 5.98. The van der Waals surface area contributed by atoms with Crippen molar-refractivity contribution in [3.05, 3.63) is 65.2 Å². The van der Waals surface area contributed by atoms with E-state index in [0.29, 0.717) is 25.1 Å². The van der Waals surface area contributed by atoms with Gasteiger partial charge in [-0.2, -0.15) is 0 Å². The van der Waals surface area contributed by atoms with Crippen LogP contribution < -0.4 is 10.6 Å². The standard InChI is InChI=1S/C25H32N2O3/c1-18(25(29)30)15-16-26-24(28)22-9-7-19(8-10-22)17-27-23-13-11-21(12-14-23)20-5-3-2-4-6-20/h7-14,18,20,27H,2-6,15-17H2,1H3,(H,26,28)(H,29,30). The van der Waals surface area contributed by atoms with Gasteiger partial charge in [-0.3, -0.25) is 9.59 Å². The summed E-state index contributed by atoms with van der Waals surface area (Å²) >= 11 is 0. The molecule has 30 heavy (non-hydrogen) atoms. The molecule has 3 rings (SSSR count). The molecule has 0 saturated heterocycles. The molecule has 1 aliphatic rings. The Labute approximate surface area is 178 Å². The zero-order chi connectivity index (χ0) is 21.3. The fourth-order valence-electron chi connectivity index (χ4n) is 3.91. The summed E-state index contributed by atoms with van der Waals surface area (Å²) in [6.45, 7) is 2.69. The lowest BCUT2D eigenvalue weighted by molar-refractivity contribution is -0.141. The highest BCUT2D eigenvalue weighted by Crippen LogP contribution is 2.33. The summed E-state index contributed by atoms with van der Waals surface area (Å²) in [5.74, 6) is -0.760. The molecule has 2 aromatic rings. The normalized spacial score (nSPS) is 15.4. The first-order valence-corrected chi connectivity index (χ1v) is 11.0. The summed E-state index contributed by atoms with van der Waals surface area (Å²) < 4.78 is 0. The molecule has 0 aromatic heterocycles. The first-order chi connectivity index (χ1) is 14.5. The molecule has 1 fully saturated rings. The number of carbonyl (C=O) groups excluding carboxylic acids is 1. The molecule has 0 heterocycles. The molecular weight excluding hydrogens is 376 g/mol. The van der Waals surface area contributed by atoms with Crippen molar-refractivity contribution < 1.29 is 14.7 Å². The van der Waals surface area contributed by atoms with Gasteiger partial charge in [0, 0.05) is 24.3 Å². The molecule has 0 spiro atoms. The van der Waals surface area contributed by atoms with Crippen LogP contribution in [0.15, 0.2) is 48.5 Å². The molecule has 1 saturated carbocycles. The van der Waals surface area contributed by atoms with Crippen LogP contribution in [0.3, 0.4) is 0 Å². The van der Waals surface area contributed by atoms with Crippen LogP contribution in [0.4, 0.5) is 5.69 Å². The van der Waals surface area contributed by atoms with E-state index in [9.17, 15) is 9.59 Å². The van der Waals surface area contributed by atoms with Gasteiger partial charge in [-0.25, -0.2) is 0 Å². The number of anilines is 1. The molecule has 1 aliphatic carbocycles. The molecule has 1 amide bonds. The number of hydrogen-bond acceptors (Lipinski definition) is 3. The lowest BCUT2D eigenvalue weighted by atomic mass is 9.84. The Kier molecular flexibility index (Phi) is 7.89. The van der Waals surface area contributed by atoms with Gasteiger partial charge >= 0.3 is 5.97 Å². The van der Waals surface area contributed by atoms with E-state index in [4.69, 9.17) is 5.11 Å². The summed E-state index contributed by atoms with van der Waals surface area (Å²) in [5.41, 5.74) is 4.23. The number of carboxylic acid groups (broad SMARTS) is 1. The second kappa shape index (κ2) is 10.8. The van der Waals surface area contributed by atoms with E-state index >= 15 is 0 Å². The van der Waals surface area contributed by atoms with Gasteiger partial charge in [-0.1, -0.05) is 50.5 Å². The average Bonchev–Trinajstić information content (AvgIpc) is 2.78. The van der Waals surface area contributed by atoms with E-state index in [0.717, 1.165) is 17.2 Å². The van der Waals surface area contributed by atoms with Gasteiger partial charge in [-0.05, 0) is 60.6 Å². The van der Waals surface area contributed by atoms with Crippen molar-refractivity contribution in [3.63, 3.8) is 0 Å². The van der Waals surface area contributed by atoms with E-state index in [1.807, 2.05) is 12.1 Å². The summed E-state index contributed by atoms with van der Waals surface area (Å²) in [4.78, 5) is 23.0. The second-order valence-corrected chi connectivity index (χ2v) is 8.29.